The van der Waals surface area contributed by atoms with E-state index >= 15 is 4.39 Å². The fraction of sp³-hybridized carbons (Fsp3) is 0.200. The lowest BCUT2D eigenvalue weighted by Gasteiger charge is -2.14. The van der Waals surface area contributed by atoms with Crippen LogP contribution in [0.2, 0.25) is 0 Å². The number of nitrogens with one attached hydrogen (secondary N) is 1. The normalized spacial score (nSPS) is 11.0. The number of aryl methyl sites for hydroxylation is 1. The van der Waals surface area contributed by atoms with E-state index in [2.05, 4.69) is 10.4 Å². The van der Waals surface area contributed by atoms with E-state index < -0.39 is 17.8 Å². The van der Waals surface area contributed by atoms with Gasteiger partial charge in [-0.2, -0.15) is 5.10 Å². The molecule has 0 saturated carbocycles. The third kappa shape index (κ3) is 4.68. The predicted molar refractivity (Wildman–Crippen MR) is 129 cm³/mol. The summed E-state index contributed by atoms with van der Waals surface area (Å²) in [7, 11) is 3.10. The van der Waals surface area contributed by atoms with E-state index in [1.165, 1.54) is 47.4 Å². The molecule has 0 aliphatic heterocycles. The number of rotatable bonds is 7. The molecule has 0 spiro atoms. The highest BCUT2D eigenvalue weighted by Gasteiger charge is 2.21. The average Bonchev–Trinajstić information content (AvgIpc) is 3.43. The minimum absolute atomic E-state index is 0.0646. The zero-order valence-corrected chi connectivity index (χ0v) is 19.8. The number of anilines is 1. The van der Waals surface area contributed by atoms with Crippen LogP contribution in [0.1, 0.15) is 38.9 Å². The van der Waals surface area contributed by atoms with Gasteiger partial charge in [-0.05, 0) is 41.5 Å². The van der Waals surface area contributed by atoms with E-state index in [-0.39, 0.29) is 41.4 Å². The van der Waals surface area contributed by atoms with Crippen molar-refractivity contribution in [3.05, 3.63) is 77.1 Å². The lowest BCUT2D eigenvalue weighted by molar-refractivity contribution is 0.101. The van der Waals surface area contributed by atoms with Gasteiger partial charge < -0.3 is 24.8 Å². The number of pyridine rings is 1. The summed E-state index contributed by atoms with van der Waals surface area (Å²) in [4.78, 5) is 37.8. The molecule has 0 atom stereocenters. The maximum atomic E-state index is 15.4. The SMILES string of the molecule is CC(=O)c1cc(C(=O)Nc2cc(CO)cc(-c3cnn(C)c3)c2F)c2cc(CN(C)C(=O)O)ccn12. The molecule has 11 heteroatoms. The molecule has 3 heterocycles. The minimum atomic E-state index is -1.11. The van der Waals surface area contributed by atoms with E-state index in [0.29, 0.717) is 22.2 Å². The van der Waals surface area contributed by atoms with Crippen molar-refractivity contribution in [2.75, 3.05) is 12.4 Å². The van der Waals surface area contributed by atoms with E-state index in [0.717, 1.165) is 4.90 Å². The molecule has 1 aromatic carbocycles. The van der Waals surface area contributed by atoms with Gasteiger partial charge in [-0.1, -0.05) is 0 Å². The van der Waals surface area contributed by atoms with Gasteiger partial charge in [-0.15, -0.1) is 0 Å². The summed E-state index contributed by atoms with van der Waals surface area (Å²) in [5.74, 6) is -1.66. The molecule has 4 rings (SSSR count). The van der Waals surface area contributed by atoms with Crippen LogP contribution < -0.4 is 5.32 Å². The summed E-state index contributed by atoms with van der Waals surface area (Å²) in [5.41, 5.74) is 2.19. The van der Waals surface area contributed by atoms with E-state index in [1.54, 1.807) is 31.6 Å². The van der Waals surface area contributed by atoms with Gasteiger partial charge >= 0.3 is 6.09 Å². The number of aliphatic hydroxyl groups is 1. The van der Waals surface area contributed by atoms with Crippen molar-refractivity contribution < 1.29 is 29.0 Å². The number of fused-ring (bicyclic) bond motifs is 1. The predicted octanol–water partition coefficient (Wildman–Crippen LogP) is 3.54. The van der Waals surface area contributed by atoms with Crippen LogP contribution in [0.5, 0.6) is 0 Å². The number of benzene rings is 1. The van der Waals surface area contributed by atoms with Gasteiger partial charge in [-0.3, -0.25) is 14.3 Å². The second kappa shape index (κ2) is 9.62. The monoisotopic (exact) mass is 493 g/mol. The van der Waals surface area contributed by atoms with E-state index in [4.69, 9.17) is 5.11 Å². The number of halogens is 1. The molecule has 0 fully saturated rings. The highest BCUT2D eigenvalue weighted by Crippen LogP contribution is 2.30. The Balaban J connectivity index is 1.76. The van der Waals surface area contributed by atoms with Crippen molar-refractivity contribution in [2.24, 2.45) is 7.05 Å². The Kier molecular flexibility index (Phi) is 6.58. The summed E-state index contributed by atoms with van der Waals surface area (Å²) in [5, 5.41) is 25.5. The van der Waals surface area contributed by atoms with Crippen molar-refractivity contribution in [2.45, 2.75) is 20.1 Å². The van der Waals surface area contributed by atoms with E-state index in [9.17, 15) is 19.5 Å². The molecule has 4 aromatic rings. The van der Waals surface area contributed by atoms with Crippen LogP contribution in [0.25, 0.3) is 16.6 Å². The van der Waals surface area contributed by atoms with Crippen LogP contribution in [0.15, 0.2) is 48.9 Å². The van der Waals surface area contributed by atoms with Gasteiger partial charge in [0.05, 0.1) is 35.3 Å². The van der Waals surface area contributed by atoms with Gasteiger partial charge in [0.25, 0.3) is 5.91 Å². The lowest BCUT2D eigenvalue weighted by atomic mass is 10.0. The molecule has 36 heavy (non-hydrogen) atoms. The zero-order chi connectivity index (χ0) is 26.1. The first kappa shape index (κ1) is 24.6. The van der Waals surface area contributed by atoms with Crippen molar-refractivity contribution in [1.82, 2.24) is 19.1 Å². The highest BCUT2D eigenvalue weighted by molar-refractivity contribution is 6.11. The molecular formula is C25H24FN5O5. The second-order valence-electron chi connectivity index (χ2n) is 8.45. The fourth-order valence-corrected chi connectivity index (χ4v) is 3.96. The molecule has 186 valence electrons. The van der Waals surface area contributed by atoms with Crippen LogP contribution in [0, 0.1) is 5.82 Å². The molecule has 10 nitrogen and oxygen atoms in total. The topological polar surface area (TPSA) is 129 Å². The molecule has 0 radical (unpaired) electrons. The van der Waals surface area contributed by atoms with Crippen molar-refractivity contribution >= 4 is 29.0 Å². The van der Waals surface area contributed by atoms with Crippen LogP contribution >= 0.6 is 0 Å². The maximum Gasteiger partial charge on any atom is 0.407 e. The fourth-order valence-electron chi connectivity index (χ4n) is 3.96. The number of aromatic nitrogens is 3. The Morgan fingerprint density at radius 3 is 2.53 bits per heavy atom. The van der Waals surface area contributed by atoms with Crippen LogP contribution in [-0.4, -0.2) is 54.1 Å². The van der Waals surface area contributed by atoms with Crippen LogP contribution in [0.4, 0.5) is 14.9 Å². The summed E-state index contributed by atoms with van der Waals surface area (Å²) in [6.45, 7) is 1.05. The third-order valence-corrected chi connectivity index (χ3v) is 5.77. The summed E-state index contributed by atoms with van der Waals surface area (Å²) in [6, 6.07) is 7.50. The quantitative estimate of drug-likeness (QED) is 0.338. The summed E-state index contributed by atoms with van der Waals surface area (Å²) in [6.07, 6.45) is 3.56. The number of nitrogens with zero attached hydrogens (tertiary/aromatic N) is 4. The maximum absolute atomic E-state index is 15.4. The number of amides is 2. The smallest absolute Gasteiger partial charge is 0.407 e. The first-order valence-electron chi connectivity index (χ1n) is 10.9. The number of hydrogen-bond acceptors (Lipinski definition) is 5. The molecule has 3 N–H and O–H groups in total. The molecule has 2 amide bonds. The number of carbonyl (C=O) groups excluding carboxylic acids is 2. The zero-order valence-electron chi connectivity index (χ0n) is 19.8. The Morgan fingerprint density at radius 1 is 1.17 bits per heavy atom. The molecule has 0 unspecified atom stereocenters. The molecule has 0 saturated heterocycles. The van der Waals surface area contributed by atoms with Crippen molar-refractivity contribution in [3.8, 4) is 11.1 Å². The van der Waals surface area contributed by atoms with Gasteiger partial charge in [0, 0.05) is 51.1 Å². The molecule has 0 aliphatic rings. The standard InChI is InChI=1S/C25H24FN5O5/c1-14(33)21-9-19(22-8-15(4-5-31(21)22)11-29(2)25(35)36)24(34)28-20-7-16(13-32)6-18(23(20)26)17-10-27-30(3)12-17/h4-10,12,32H,11,13H2,1-3H3,(H,28,34)(H,35,36). The van der Waals surface area contributed by atoms with Gasteiger partial charge in [0.15, 0.2) is 11.6 Å². The third-order valence-electron chi connectivity index (χ3n) is 5.77. The number of hydrogen-bond donors (Lipinski definition) is 3. The first-order valence-corrected chi connectivity index (χ1v) is 10.9. The molecular weight excluding hydrogens is 469 g/mol. The molecule has 3 aromatic heterocycles. The number of ketones is 1. The number of carbonyl (C=O) groups is 3. The highest BCUT2D eigenvalue weighted by atomic mass is 19.1. The minimum Gasteiger partial charge on any atom is -0.465 e. The van der Waals surface area contributed by atoms with Crippen molar-refractivity contribution in [3.63, 3.8) is 0 Å². The van der Waals surface area contributed by atoms with Crippen molar-refractivity contribution in [1.29, 1.82) is 0 Å². The average molecular weight is 493 g/mol. The van der Waals surface area contributed by atoms with Gasteiger partial charge in [0.1, 0.15) is 0 Å². The lowest BCUT2D eigenvalue weighted by Crippen LogP contribution is -2.24. The molecule has 0 aliphatic carbocycles. The number of Topliss-reactive ketones (excluding diaryl/α,β-unsaturated/α-hetero) is 1. The van der Waals surface area contributed by atoms with Gasteiger partial charge in [0.2, 0.25) is 0 Å². The Morgan fingerprint density at radius 2 is 1.92 bits per heavy atom. The Labute approximate surface area is 205 Å². The molecule has 0 bridgehead atoms. The number of aliphatic hydroxyl groups excluding tert-OH is 1. The van der Waals surface area contributed by atoms with Gasteiger partial charge in [-0.25, -0.2) is 9.18 Å². The summed E-state index contributed by atoms with van der Waals surface area (Å²) < 4.78 is 18.5. The Bertz CT molecular complexity index is 1510. The number of carboxylic acid groups (broad SMARTS) is 1. The van der Waals surface area contributed by atoms with Crippen LogP contribution in [0.3, 0.4) is 0 Å². The van der Waals surface area contributed by atoms with E-state index in [1.807, 2.05) is 0 Å². The summed E-state index contributed by atoms with van der Waals surface area (Å²) >= 11 is 0. The Hall–Kier alpha value is -4.51. The first-order chi connectivity index (χ1) is 17.1. The van der Waals surface area contributed by atoms with Crippen LogP contribution in [-0.2, 0) is 20.2 Å². The largest absolute Gasteiger partial charge is 0.465 e. The second-order valence-corrected chi connectivity index (χ2v) is 8.45.